The van der Waals surface area contributed by atoms with Crippen LogP contribution in [0.5, 0.6) is 0 Å². The summed E-state index contributed by atoms with van der Waals surface area (Å²) in [6, 6.07) is 21.6. The van der Waals surface area contributed by atoms with E-state index in [4.69, 9.17) is 0 Å². The van der Waals surface area contributed by atoms with Crippen LogP contribution in [0.1, 0.15) is 12.0 Å². The van der Waals surface area contributed by atoms with Crippen molar-refractivity contribution in [3.63, 3.8) is 0 Å². The molecule has 1 heterocycles. The number of nitrogens with zero attached hydrogens (tertiary/aromatic N) is 1. The predicted molar refractivity (Wildman–Crippen MR) is 104 cm³/mol. The number of fused-ring (bicyclic) bond motifs is 1. The summed E-state index contributed by atoms with van der Waals surface area (Å²) in [5, 5.41) is 5.18. The van der Waals surface area contributed by atoms with Crippen LogP contribution >= 0.6 is 0 Å². The number of nitrogens with one attached hydrogen (secondary N) is 1. The first kappa shape index (κ1) is 16.3. The number of benzene rings is 3. The molecule has 4 nitrogen and oxygen atoms in total. The maximum atomic E-state index is 12.7. The molecule has 1 saturated heterocycles. The van der Waals surface area contributed by atoms with Gasteiger partial charge in [-0.05, 0) is 41.5 Å². The molecule has 0 spiro atoms. The van der Waals surface area contributed by atoms with Gasteiger partial charge in [0.1, 0.15) is 0 Å². The van der Waals surface area contributed by atoms with Crippen LogP contribution < -0.4 is 10.2 Å². The van der Waals surface area contributed by atoms with Crippen molar-refractivity contribution in [2.45, 2.75) is 13.3 Å². The van der Waals surface area contributed by atoms with E-state index in [0.29, 0.717) is 6.54 Å². The van der Waals surface area contributed by atoms with Crippen molar-refractivity contribution in [2.75, 3.05) is 16.8 Å². The molecule has 4 rings (SSSR count). The number of carbonyl (C=O) groups excluding carboxylic acids is 2. The lowest BCUT2D eigenvalue weighted by Crippen LogP contribution is -2.28. The number of para-hydroxylation sites is 1. The molecule has 0 bridgehead atoms. The second-order valence-electron chi connectivity index (χ2n) is 6.74. The third kappa shape index (κ3) is 3.06. The fraction of sp³-hybridized carbons (Fsp3) is 0.182. The first-order valence-corrected chi connectivity index (χ1v) is 8.77. The highest BCUT2D eigenvalue weighted by molar-refractivity contribution is 6.04. The van der Waals surface area contributed by atoms with Crippen LogP contribution in [0.25, 0.3) is 10.8 Å². The molecule has 1 N–H and O–H groups in total. The number of carbonyl (C=O) groups is 2. The molecule has 130 valence electrons. The molecular weight excluding hydrogens is 324 g/mol. The Bertz CT molecular complexity index is 996. The fourth-order valence-corrected chi connectivity index (χ4v) is 3.49. The number of amides is 2. The summed E-state index contributed by atoms with van der Waals surface area (Å²) in [6.07, 6.45) is 0.244. The molecule has 0 aromatic heterocycles. The molecule has 1 atom stereocenters. The van der Waals surface area contributed by atoms with Gasteiger partial charge in [-0.2, -0.15) is 0 Å². The minimum atomic E-state index is -0.339. The van der Waals surface area contributed by atoms with Gasteiger partial charge in [-0.1, -0.05) is 48.5 Å². The standard InChI is InChI=1S/C22H20N2O2/c1-15-6-2-5-9-20(15)24-14-18(13-21(24)25)22(26)23-19-11-10-16-7-3-4-8-17(16)12-19/h2-12,18H,13-14H2,1H3,(H,23,26)/t18-/m1/s1. The Morgan fingerprint density at radius 1 is 1.00 bits per heavy atom. The lowest BCUT2D eigenvalue weighted by Gasteiger charge is -2.19. The Labute approximate surface area is 152 Å². The zero-order valence-electron chi connectivity index (χ0n) is 14.6. The largest absolute Gasteiger partial charge is 0.326 e. The summed E-state index contributed by atoms with van der Waals surface area (Å²) >= 11 is 0. The van der Waals surface area contributed by atoms with Gasteiger partial charge >= 0.3 is 0 Å². The lowest BCUT2D eigenvalue weighted by atomic mass is 10.1. The molecule has 0 radical (unpaired) electrons. The van der Waals surface area contributed by atoms with E-state index in [1.165, 1.54) is 0 Å². The van der Waals surface area contributed by atoms with E-state index in [2.05, 4.69) is 5.32 Å². The molecule has 26 heavy (non-hydrogen) atoms. The van der Waals surface area contributed by atoms with Crippen molar-refractivity contribution >= 4 is 34.0 Å². The summed E-state index contributed by atoms with van der Waals surface area (Å²) in [5.74, 6) is -0.448. The van der Waals surface area contributed by atoms with Crippen molar-refractivity contribution in [1.82, 2.24) is 0 Å². The van der Waals surface area contributed by atoms with E-state index in [1.807, 2.05) is 73.7 Å². The second-order valence-corrected chi connectivity index (χ2v) is 6.74. The van der Waals surface area contributed by atoms with Crippen molar-refractivity contribution < 1.29 is 9.59 Å². The first-order chi connectivity index (χ1) is 12.6. The average molecular weight is 344 g/mol. The number of hydrogen-bond donors (Lipinski definition) is 1. The van der Waals surface area contributed by atoms with Crippen LogP contribution in [-0.2, 0) is 9.59 Å². The van der Waals surface area contributed by atoms with Crippen LogP contribution in [0.4, 0.5) is 11.4 Å². The molecule has 0 unspecified atom stereocenters. The maximum absolute atomic E-state index is 12.7. The molecule has 0 saturated carbocycles. The zero-order chi connectivity index (χ0) is 18.1. The average Bonchev–Trinajstić information content (AvgIpc) is 3.04. The fourth-order valence-electron chi connectivity index (χ4n) is 3.49. The maximum Gasteiger partial charge on any atom is 0.229 e. The number of rotatable bonds is 3. The van der Waals surface area contributed by atoms with E-state index in [9.17, 15) is 9.59 Å². The van der Waals surface area contributed by atoms with Crippen molar-refractivity contribution in [1.29, 1.82) is 0 Å². The van der Waals surface area contributed by atoms with Crippen LogP contribution in [-0.4, -0.2) is 18.4 Å². The van der Waals surface area contributed by atoms with E-state index in [0.717, 1.165) is 27.7 Å². The molecule has 1 aliphatic rings. The summed E-state index contributed by atoms with van der Waals surface area (Å²) in [7, 11) is 0. The van der Waals surface area contributed by atoms with Gasteiger partial charge in [0.05, 0.1) is 5.92 Å². The smallest absolute Gasteiger partial charge is 0.229 e. The number of hydrogen-bond acceptors (Lipinski definition) is 2. The van der Waals surface area contributed by atoms with E-state index >= 15 is 0 Å². The lowest BCUT2D eigenvalue weighted by molar-refractivity contribution is -0.122. The van der Waals surface area contributed by atoms with Gasteiger partial charge in [-0.3, -0.25) is 9.59 Å². The van der Waals surface area contributed by atoms with Gasteiger partial charge in [0.2, 0.25) is 11.8 Å². The molecule has 0 aliphatic carbocycles. The van der Waals surface area contributed by atoms with Crippen molar-refractivity contribution in [3.8, 4) is 0 Å². The van der Waals surface area contributed by atoms with Gasteiger partial charge < -0.3 is 10.2 Å². The van der Waals surface area contributed by atoms with E-state index in [1.54, 1.807) is 4.90 Å². The van der Waals surface area contributed by atoms with Crippen LogP contribution in [0.2, 0.25) is 0 Å². The van der Waals surface area contributed by atoms with Crippen LogP contribution in [0.15, 0.2) is 66.7 Å². The van der Waals surface area contributed by atoms with Crippen LogP contribution in [0.3, 0.4) is 0 Å². The molecule has 4 heteroatoms. The SMILES string of the molecule is Cc1ccccc1N1C[C@H](C(=O)Nc2ccc3ccccc3c2)CC1=O. The Balaban J connectivity index is 1.50. The highest BCUT2D eigenvalue weighted by Crippen LogP contribution is 2.28. The number of aryl methyl sites for hydroxylation is 1. The topological polar surface area (TPSA) is 49.4 Å². The Hall–Kier alpha value is -3.14. The molecule has 3 aromatic carbocycles. The van der Waals surface area contributed by atoms with Gasteiger partial charge in [0.25, 0.3) is 0 Å². The summed E-state index contributed by atoms with van der Waals surface area (Å²) in [6.45, 7) is 2.40. The monoisotopic (exact) mass is 344 g/mol. The van der Waals surface area contributed by atoms with Gasteiger partial charge in [0, 0.05) is 24.3 Å². The molecule has 1 aliphatic heterocycles. The third-order valence-electron chi connectivity index (χ3n) is 4.92. The Morgan fingerprint density at radius 2 is 1.73 bits per heavy atom. The van der Waals surface area contributed by atoms with E-state index < -0.39 is 0 Å². The molecule has 3 aromatic rings. The summed E-state index contributed by atoms with van der Waals surface area (Å²) in [4.78, 5) is 26.8. The van der Waals surface area contributed by atoms with Gasteiger partial charge in [-0.25, -0.2) is 0 Å². The van der Waals surface area contributed by atoms with E-state index in [-0.39, 0.29) is 24.2 Å². The van der Waals surface area contributed by atoms with Crippen LogP contribution in [0, 0.1) is 12.8 Å². The van der Waals surface area contributed by atoms with Crippen molar-refractivity contribution in [3.05, 3.63) is 72.3 Å². The molecular formula is C22H20N2O2. The highest BCUT2D eigenvalue weighted by atomic mass is 16.2. The second kappa shape index (κ2) is 6.64. The number of anilines is 2. The highest BCUT2D eigenvalue weighted by Gasteiger charge is 2.35. The van der Waals surface area contributed by atoms with Crippen molar-refractivity contribution in [2.24, 2.45) is 5.92 Å². The molecule has 1 fully saturated rings. The van der Waals surface area contributed by atoms with Gasteiger partial charge in [-0.15, -0.1) is 0 Å². The quantitative estimate of drug-likeness (QED) is 0.776. The molecule has 2 amide bonds. The normalized spacial score (nSPS) is 16.9. The zero-order valence-corrected chi connectivity index (χ0v) is 14.6. The summed E-state index contributed by atoms with van der Waals surface area (Å²) < 4.78 is 0. The third-order valence-corrected chi connectivity index (χ3v) is 4.92. The Kier molecular flexibility index (Phi) is 4.17. The first-order valence-electron chi connectivity index (χ1n) is 8.77. The summed E-state index contributed by atoms with van der Waals surface area (Å²) in [5.41, 5.74) is 2.69. The Morgan fingerprint density at radius 3 is 2.54 bits per heavy atom. The minimum Gasteiger partial charge on any atom is -0.326 e. The predicted octanol–water partition coefficient (Wildman–Crippen LogP) is 4.14. The minimum absolute atomic E-state index is 0.00189. The van der Waals surface area contributed by atoms with Gasteiger partial charge in [0.15, 0.2) is 0 Å².